The van der Waals surface area contributed by atoms with E-state index in [1.54, 1.807) is 4.90 Å². The van der Waals surface area contributed by atoms with E-state index in [-0.39, 0.29) is 6.03 Å². The number of anilines is 1. The molecule has 0 fully saturated rings. The monoisotopic (exact) mass is 246 g/mol. The Morgan fingerprint density at radius 1 is 1.39 bits per heavy atom. The Kier molecular flexibility index (Phi) is 5.43. The van der Waals surface area contributed by atoms with Gasteiger partial charge in [0, 0.05) is 18.8 Å². The van der Waals surface area contributed by atoms with Gasteiger partial charge >= 0.3 is 6.03 Å². The van der Waals surface area contributed by atoms with Crippen molar-refractivity contribution in [3.05, 3.63) is 42.0 Å². The molecule has 0 aromatic heterocycles. The van der Waals surface area contributed by atoms with E-state index in [1.165, 1.54) is 5.56 Å². The third-order valence-electron chi connectivity index (χ3n) is 2.72. The summed E-state index contributed by atoms with van der Waals surface area (Å²) in [5.41, 5.74) is 3.05. The van der Waals surface area contributed by atoms with E-state index < -0.39 is 0 Å². The summed E-state index contributed by atoms with van der Waals surface area (Å²) < 4.78 is 0. The van der Waals surface area contributed by atoms with Crippen LogP contribution < -0.4 is 5.32 Å². The molecule has 3 nitrogen and oxygen atoms in total. The molecule has 0 aliphatic rings. The van der Waals surface area contributed by atoms with Gasteiger partial charge in [0.1, 0.15) is 0 Å². The van der Waals surface area contributed by atoms with Crippen LogP contribution in [-0.4, -0.2) is 24.0 Å². The van der Waals surface area contributed by atoms with Crippen LogP contribution in [0.1, 0.15) is 26.3 Å². The summed E-state index contributed by atoms with van der Waals surface area (Å²) in [5.74, 6) is 0. The van der Waals surface area contributed by atoms with Crippen molar-refractivity contribution in [1.82, 2.24) is 4.90 Å². The molecular formula is C15H22N2O. The van der Waals surface area contributed by atoms with E-state index in [1.807, 2.05) is 32.0 Å². The lowest BCUT2D eigenvalue weighted by atomic mass is 10.1. The highest BCUT2D eigenvalue weighted by molar-refractivity contribution is 5.89. The summed E-state index contributed by atoms with van der Waals surface area (Å²) in [6.45, 7) is 11.1. The highest BCUT2D eigenvalue weighted by Gasteiger charge is 2.11. The minimum absolute atomic E-state index is 0.0752. The van der Waals surface area contributed by atoms with E-state index >= 15 is 0 Å². The Morgan fingerprint density at radius 3 is 2.67 bits per heavy atom. The third kappa shape index (κ3) is 4.24. The molecule has 0 radical (unpaired) electrons. The van der Waals surface area contributed by atoms with Crippen LogP contribution in [-0.2, 0) is 6.42 Å². The number of hydrogen-bond acceptors (Lipinski definition) is 1. The maximum atomic E-state index is 12.1. The number of carbonyl (C=O) groups excluding carboxylic acids is 1. The Balaban J connectivity index is 2.69. The molecule has 0 heterocycles. The summed E-state index contributed by atoms with van der Waals surface area (Å²) in [6.07, 6.45) is 0.965. The van der Waals surface area contributed by atoms with Crippen molar-refractivity contribution >= 4 is 11.7 Å². The van der Waals surface area contributed by atoms with Crippen LogP contribution in [0.15, 0.2) is 36.4 Å². The molecule has 0 bridgehead atoms. The molecule has 0 aliphatic heterocycles. The zero-order chi connectivity index (χ0) is 13.5. The van der Waals surface area contributed by atoms with Gasteiger partial charge in [-0.2, -0.15) is 0 Å². The fourth-order valence-electron chi connectivity index (χ4n) is 1.72. The Labute approximate surface area is 109 Å². The van der Waals surface area contributed by atoms with E-state index in [0.717, 1.165) is 17.7 Å². The Hall–Kier alpha value is -1.77. The predicted molar refractivity (Wildman–Crippen MR) is 76.9 cm³/mol. The van der Waals surface area contributed by atoms with Crippen LogP contribution in [0.3, 0.4) is 0 Å². The minimum Gasteiger partial charge on any atom is -0.321 e. The molecule has 1 aromatic rings. The van der Waals surface area contributed by atoms with E-state index in [9.17, 15) is 4.79 Å². The molecule has 98 valence electrons. The summed E-state index contributed by atoms with van der Waals surface area (Å²) in [4.78, 5) is 13.8. The van der Waals surface area contributed by atoms with Crippen LogP contribution in [0.25, 0.3) is 0 Å². The number of amides is 2. The number of carbonyl (C=O) groups is 1. The van der Waals surface area contributed by atoms with Crippen LogP contribution in [0.2, 0.25) is 0 Å². The van der Waals surface area contributed by atoms with Crippen LogP contribution in [0, 0.1) is 0 Å². The number of rotatable bonds is 5. The molecule has 0 aliphatic carbocycles. The van der Waals surface area contributed by atoms with Gasteiger partial charge in [0.2, 0.25) is 0 Å². The van der Waals surface area contributed by atoms with Crippen molar-refractivity contribution in [3.63, 3.8) is 0 Å². The fourth-order valence-corrected chi connectivity index (χ4v) is 1.72. The molecule has 1 N–H and O–H groups in total. The first-order valence-electron chi connectivity index (χ1n) is 6.36. The van der Waals surface area contributed by atoms with Crippen molar-refractivity contribution in [2.75, 3.05) is 18.4 Å². The molecule has 1 rings (SSSR count). The maximum absolute atomic E-state index is 12.1. The molecule has 3 heteroatoms. The highest BCUT2D eigenvalue weighted by atomic mass is 16.2. The number of aryl methyl sites for hydroxylation is 1. The first kappa shape index (κ1) is 14.3. The summed E-state index contributed by atoms with van der Waals surface area (Å²) in [6, 6.07) is 7.86. The Bertz CT molecular complexity index is 426. The quantitative estimate of drug-likeness (QED) is 0.790. The maximum Gasteiger partial charge on any atom is 0.322 e. The van der Waals surface area contributed by atoms with Crippen molar-refractivity contribution in [3.8, 4) is 0 Å². The van der Waals surface area contributed by atoms with Crippen molar-refractivity contribution in [2.24, 2.45) is 0 Å². The lowest BCUT2D eigenvalue weighted by Gasteiger charge is -2.21. The molecule has 0 spiro atoms. The van der Waals surface area contributed by atoms with Crippen LogP contribution in [0.4, 0.5) is 10.5 Å². The standard InChI is InChI=1S/C15H22N2O/c1-5-13-8-7-9-14(10-13)16-15(18)17(6-2)11-12(3)4/h7-10H,3,5-6,11H2,1-2,4H3,(H,16,18). The number of urea groups is 1. The lowest BCUT2D eigenvalue weighted by molar-refractivity contribution is 0.218. The van der Waals surface area contributed by atoms with Crippen LogP contribution >= 0.6 is 0 Å². The van der Waals surface area contributed by atoms with Gasteiger partial charge in [-0.3, -0.25) is 0 Å². The number of hydrogen-bond donors (Lipinski definition) is 1. The number of benzene rings is 1. The normalized spacial score (nSPS) is 9.94. The van der Waals surface area contributed by atoms with Gasteiger partial charge in [0.05, 0.1) is 0 Å². The molecule has 2 amide bonds. The SMILES string of the molecule is C=C(C)CN(CC)C(=O)Nc1cccc(CC)c1. The van der Waals surface area contributed by atoms with Gasteiger partial charge in [0.15, 0.2) is 0 Å². The second-order valence-corrected chi connectivity index (χ2v) is 4.46. The van der Waals surface area contributed by atoms with Gasteiger partial charge in [-0.15, -0.1) is 0 Å². The number of nitrogens with one attached hydrogen (secondary N) is 1. The molecule has 0 unspecified atom stereocenters. The number of nitrogens with zero attached hydrogens (tertiary/aromatic N) is 1. The van der Waals surface area contributed by atoms with Crippen molar-refractivity contribution in [1.29, 1.82) is 0 Å². The van der Waals surface area contributed by atoms with E-state index in [4.69, 9.17) is 0 Å². The largest absolute Gasteiger partial charge is 0.322 e. The average molecular weight is 246 g/mol. The summed E-state index contributed by atoms with van der Waals surface area (Å²) in [5, 5.41) is 2.92. The summed E-state index contributed by atoms with van der Waals surface area (Å²) >= 11 is 0. The second-order valence-electron chi connectivity index (χ2n) is 4.46. The molecule has 0 saturated carbocycles. The van der Waals surface area contributed by atoms with E-state index in [2.05, 4.69) is 24.9 Å². The van der Waals surface area contributed by atoms with Gasteiger partial charge in [-0.1, -0.05) is 31.2 Å². The van der Waals surface area contributed by atoms with E-state index in [0.29, 0.717) is 13.1 Å². The average Bonchev–Trinajstić information content (AvgIpc) is 2.35. The van der Waals surface area contributed by atoms with Gasteiger partial charge < -0.3 is 10.2 Å². The summed E-state index contributed by atoms with van der Waals surface area (Å²) in [7, 11) is 0. The Morgan fingerprint density at radius 2 is 2.11 bits per heavy atom. The highest BCUT2D eigenvalue weighted by Crippen LogP contribution is 2.12. The molecule has 0 saturated heterocycles. The third-order valence-corrected chi connectivity index (χ3v) is 2.72. The fraction of sp³-hybridized carbons (Fsp3) is 0.400. The zero-order valence-electron chi connectivity index (χ0n) is 11.5. The van der Waals surface area contributed by atoms with Gasteiger partial charge in [-0.25, -0.2) is 4.79 Å². The predicted octanol–water partition coefficient (Wildman–Crippen LogP) is 3.68. The van der Waals surface area contributed by atoms with Crippen molar-refractivity contribution < 1.29 is 4.79 Å². The number of likely N-dealkylation sites (N-methyl/N-ethyl adjacent to an activating group) is 1. The topological polar surface area (TPSA) is 32.3 Å². The molecule has 1 aromatic carbocycles. The molecule has 18 heavy (non-hydrogen) atoms. The first-order valence-corrected chi connectivity index (χ1v) is 6.36. The van der Waals surface area contributed by atoms with Crippen molar-refractivity contribution in [2.45, 2.75) is 27.2 Å². The molecule has 0 atom stereocenters. The smallest absolute Gasteiger partial charge is 0.321 e. The lowest BCUT2D eigenvalue weighted by Crippen LogP contribution is -2.35. The minimum atomic E-state index is -0.0752. The van der Waals surface area contributed by atoms with Gasteiger partial charge in [-0.05, 0) is 38.0 Å². The van der Waals surface area contributed by atoms with Gasteiger partial charge in [0.25, 0.3) is 0 Å². The second kappa shape index (κ2) is 6.84. The van der Waals surface area contributed by atoms with Crippen LogP contribution in [0.5, 0.6) is 0 Å². The first-order chi connectivity index (χ1) is 8.56. The molecular weight excluding hydrogens is 224 g/mol. The zero-order valence-corrected chi connectivity index (χ0v) is 11.5.